The molecule has 2 aromatic rings. The Balaban J connectivity index is 1.68. The Morgan fingerprint density at radius 2 is 2.04 bits per heavy atom. The average molecular weight is 396 g/mol. The van der Waals surface area contributed by atoms with Crippen LogP contribution < -0.4 is 5.32 Å². The van der Waals surface area contributed by atoms with Crippen molar-refractivity contribution in [3.8, 4) is 0 Å². The SMILES string of the molecule is CC(C)(C)c1nc(NC2CCCN(Cc3cccc(C(F)(F)F)c3)C2=O)no1. The molecule has 9 heteroatoms. The van der Waals surface area contributed by atoms with Crippen LogP contribution in [0.2, 0.25) is 0 Å². The first-order valence-electron chi connectivity index (χ1n) is 9.10. The van der Waals surface area contributed by atoms with Gasteiger partial charge in [-0.25, -0.2) is 0 Å². The van der Waals surface area contributed by atoms with E-state index in [9.17, 15) is 18.0 Å². The third kappa shape index (κ3) is 4.63. The highest BCUT2D eigenvalue weighted by atomic mass is 19.4. The van der Waals surface area contributed by atoms with E-state index in [2.05, 4.69) is 15.5 Å². The van der Waals surface area contributed by atoms with E-state index in [-0.39, 0.29) is 23.8 Å². The minimum absolute atomic E-state index is 0.125. The lowest BCUT2D eigenvalue weighted by Crippen LogP contribution is -2.47. The monoisotopic (exact) mass is 396 g/mol. The topological polar surface area (TPSA) is 71.3 Å². The first kappa shape index (κ1) is 20.2. The number of nitrogens with one attached hydrogen (secondary N) is 1. The van der Waals surface area contributed by atoms with Crippen LogP contribution in [-0.2, 0) is 22.9 Å². The summed E-state index contributed by atoms with van der Waals surface area (Å²) in [7, 11) is 0. The second kappa shape index (κ2) is 7.44. The zero-order valence-corrected chi connectivity index (χ0v) is 16.0. The van der Waals surface area contributed by atoms with Crippen LogP contribution in [-0.4, -0.2) is 33.5 Å². The van der Waals surface area contributed by atoms with Crippen LogP contribution in [0, 0.1) is 0 Å². The van der Waals surface area contributed by atoms with E-state index in [1.54, 1.807) is 11.0 Å². The number of aromatic nitrogens is 2. The van der Waals surface area contributed by atoms with Crippen molar-refractivity contribution in [2.75, 3.05) is 11.9 Å². The van der Waals surface area contributed by atoms with E-state index < -0.39 is 17.8 Å². The largest absolute Gasteiger partial charge is 0.416 e. The van der Waals surface area contributed by atoms with Gasteiger partial charge < -0.3 is 14.7 Å². The van der Waals surface area contributed by atoms with Crippen molar-refractivity contribution in [3.05, 3.63) is 41.3 Å². The lowest BCUT2D eigenvalue weighted by molar-refractivity contribution is -0.137. The fourth-order valence-corrected chi connectivity index (χ4v) is 3.04. The number of nitrogens with zero attached hydrogens (tertiary/aromatic N) is 3. The predicted octanol–water partition coefficient (Wildman–Crippen LogP) is 3.99. The van der Waals surface area contributed by atoms with Gasteiger partial charge in [-0.15, -0.1) is 0 Å². The molecule has 1 amide bonds. The molecule has 1 aliphatic heterocycles. The molecular weight excluding hydrogens is 373 g/mol. The lowest BCUT2D eigenvalue weighted by atomic mass is 9.97. The van der Waals surface area contributed by atoms with Crippen LogP contribution in [0.5, 0.6) is 0 Å². The average Bonchev–Trinajstić information content (AvgIpc) is 3.07. The minimum Gasteiger partial charge on any atom is -0.340 e. The summed E-state index contributed by atoms with van der Waals surface area (Å²) in [5, 5.41) is 6.85. The maximum atomic E-state index is 12.9. The van der Waals surface area contributed by atoms with Crippen molar-refractivity contribution in [3.63, 3.8) is 0 Å². The summed E-state index contributed by atoms with van der Waals surface area (Å²) in [5.41, 5.74) is -0.581. The molecule has 0 spiro atoms. The maximum Gasteiger partial charge on any atom is 0.416 e. The van der Waals surface area contributed by atoms with E-state index in [1.165, 1.54) is 6.07 Å². The van der Waals surface area contributed by atoms with Crippen molar-refractivity contribution in [1.82, 2.24) is 15.0 Å². The van der Waals surface area contributed by atoms with Gasteiger partial charge in [-0.05, 0) is 35.7 Å². The summed E-state index contributed by atoms with van der Waals surface area (Å²) < 4.78 is 43.9. The van der Waals surface area contributed by atoms with Crippen LogP contribution in [0.1, 0.15) is 50.6 Å². The second-order valence-electron chi connectivity index (χ2n) is 7.97. The Morgan fingerprint density at radius 1 is 1.29 bits per heavy atom. The third-order valence-electron chi connectivity index (χ3n) is 4.53. The molecule has 0 radical (unpaired) electrons. The van der Waals surface area contributed by atoms with Gasteiger partial charge in [0, 0.05) is 18.5 Å². The third-order valence-corrected chi connectivity index (χ3v) is 4.53. The first-order valence-corrected chi connectivity index (χ1v) is 9.10. The molecule has 152 valence electrons. The normalized spacial score (nSPS) is 18.4. The smallest absolute Gasteiger partial charge is 0.340 e. The minimum atomic E-state index is -4.41. The molecule has 1 aliphatic rings. The fraction of sp³-hybridized carbons (Fsp3) is 0.526. The Labute approximate surface area is 161 Å². The molecule has 3 rings (SSSR count). The zero-order valence-electron chi connectivity index (χ0n) is 16.0. The van der Waals surface area contributed by atoms with E-state index in [0.29, 0.717) is 24.4 Å². The molecule has 1 atom stereocenters. The van der Waals surface area contributed by atoms with Gasteiger partial charge in [-0.2, -0.15) is 18.2 Å². The van der Waals surface area contributed by atoms with E-state index in [0.717, 1.165) is 18.6 Å². The molecule has 28 heavy (non-hydrogen) atoms. The molecule has 1 aromatic carbocycles. The summed E-state index contributed by atoms with van der Waals surface area (Å²) in [6, 6.07) is 4.52. The summed E-state index contributed by atoms with van der Waals surface area (Å²) in [5.74, 6) is 0.508. The first-order chi connectivity index (χ1) is 13.0. The molecule has 1 saturated heterocycles. The number of hydrogen-bond acceptors (Lipinski definition) is 5. The number of carbonyl (C=O) groups excluding carboxylic acids is 1. The quantitative estimate of drug-likeness (QED) is 0.846. The maximum absolute atomic E-state index is 12.9. The number of rotatable bonds is 4. The van der Waals surface area contributed by atoms with E-state index in [4.69, 9.17) is 4.52 Å². The molecule has 0 saturated carbocycles. The van der Waals surface area contributed by atoms with Gasteiger partial charge >= 0.3 is 6.18 Å². The molecule has 1 unspecified atom stereocenters. The molecule has 0 bridgehead atoms. The number of halogens is 3. The van der Waals surface area contributed by atoms with Crippen molar-refractivity contribution < 1.29 is 22.5 Å². The van der Waals surface area contributed by atoms with Gasteiger partial charge in [0.05, 0.1) is 5.56 Å². The van der Waals surface area contributed by atoms with Gasteiger partial charge in [0.2, 0.25) is 11.8 Å². The Hall–Kier alpha value is -2.58. The Morgan fingerprint density at radius 3 is 2.68 bits per heavy atom. The van der Waals surface area contributed by atoms with Crippen LogP contribution in [0.15, 0.2) is 28.8 Å². The van der Waals surface area contributed by atoms with Crippen LogP contribution in [0.25, 0.3) is 0 Å². The Kier molecular flexibility index (Phi) is 5.36. The molecule has 1 fully saturated rings. The van der Waals surface area contributed by atoms with Gasteiger partial charge in [-0.1, -0.05) is 32.9 Å². The van der Waals surface area contributed by atoms with Gasteiger partial charge in [-0.3, -0.25) is 4.79 Å². The van der Waals surface area contributed by atoms with Crippen molar-refractivity contribution in [2.24, 2.45) is 0 Å². The molecule has 2 heterocycles. The summed E-state index contributed by atoms with van der Waals surface area (Å²) in [6.07, 6.45) is -3.08. The highest BCUT2D eigenvalue weighted by Gasteiger charge is 2.32. The number of amides is 1. The number of carbonyl (C=O) groups is 1. The summed E-state index contributed by atoms with van der Waals surface area (Å²) >= 11 is 0. The van der Waals surface area contributed by atoms with Crippen LogP contribution in [0.3, 0.4) is 0 Å². The number of anilines is 1. The van der Waals surface area contributed by atoms with Gasteiger partial charge in [0.25, 0.3) is 5.95 Å². The Bertz CT molecular complexity index is 842. The highest BCUT2D eigenvalue weighted by Crippen LogP contribution is 2.30. The number of alkyl halides is 3. The molecule has 6 nitrogen and oxygen atoms in total. The zero-order chi connectivity index (χ0) is 20.5. The van der Waals surface area contributed by atoms with Crippen molar-refractivity contribution >= 4 is 11.9 Å². The molecule has 1 aromatic heterocycles. The second-order valence-corrected chi connectivity index (χ2v) is 7.97. The number of benzene rings is 1. The standard InChI is InChI=1S/C19H23F3N4O2/c1-18(2,3)16-24-17(25-28-16)23-14-8-5-9-26(15(14)27)11-12-6-4-7-13(10-12)19(20,21)22/h4,6-7,10,14H,5,8-9,11H2,1-3H3,(H,23,25). The summed E-state index contributed by atoms with van der Waals surface area (Å²) in [6.45, 7) is 6.43. The number of hydrogen-bond donors (Lipinski definition) is 1. The highest BCUT2D eigenvalue weighted by molar-refractivity contribution is 5.84. The van der Waals surface area contributed by atoms with Crippen molar-refractivity contribution in [2.45, 2.75) is 57.8 Å². The van der Waals surface area contributed by atoms with Crippen LogP contribution >= 0.6 is 0 Å². The number of likely N-dealkylation sites (tertiary alicyclic amines) is 1. The lowest BCUT2D eigenvalue weighted by Gasteiger charge is -2.32. The fourth-order valence-electron chi connectivity index (χ4n) is 3.04. The van der Waals surface area contributed by atoms with E-state index in [1.807, 2.05) is 20.8 Å². The van der Waals surface area contributed by atoms with Crippen LogP contribution in [0.4, 0.5) is 19.1 Å². The predicted molar refractivity (Wildman–Crippen MR) is 96.5 cm³/mol. The molecule has 0 aliphatic carbocycles. The summed E-state index contributed by atoms with van der Waals surface area (Å²) in [4.78, 5) is 18.6. The molecule has 1 N–H and O–H groups in total. The number of piperidine rings is 1. The van der Waals surface area contributed by atoms with Gasteiger partial charge in [0.1, 0.15) is 6.04 Å². The molecular formula is C19H23F3N4O2. The van der Waals surface area contributed by atoms with Crippen molar-refractivity contribution in [1.29, 1.82) is 0 Å². The van der Waals surface area contributed by atoms with E-state index >= 15 is 0 Å². The van der Waals surface area contributed by atoms with Gasteiger partial charge in [0.15, 0.2) is 0 Å².